The molecule has 0 atom stereocenters. The molecule has 0 spiro atoms. The molecule has 0 saturated heterocycles. The molecule has 2 aromatic carbocycles. The van der Waals surface area contributed by atoms with Crippen LogP contribution >= 0.6 is 23.4 Å². The van der Waals surface area contributed by atoms with Crippen molar-refractivity contribution in [2.75, 3.05) is 12.9 Å². The fourth-order valence-corrected chi connectivity index (χ4v) is 8.14. The predicted molar refractivity (Wildman–Crippen MR) is 135 cm³/mol. The second-order valence-corrected chi connectivity index (χ2v) is 11.6. The largest absolute Gasteiger partial charge is 0.495 e. The van der Waals surface area contributed by atoms with Gasteiger partial charge >= 0.3 is 0 Å². The van der Waals surface area contributed by atoms with Crippen LogP contribution in [-0.4, -0.2) is 33.4 Å². The van der Waals surface area contributed by atoms with Crippen LogP contribution in [0.25, 0.3) is 17.1 Å². The summed E-state index contributed by atoms with van der Waals surface area (Å²) in [4.78, 5) is 13.6. The fourth-order valence-electron chi connectivity index (χ4n) is 6.90. The smallest absolute Gasteiger partial charge is 0.196 e. The lowest BCUT2D eigenvalue weighted by Crippen LogP contribution is -2.50. The van der Waals surface area contributed by atoms with E-state index in [9.17, 15) is 4.79 Å². The van der Waals surface area contributed by atoms with Crippen molar-refractivity contribution in [3.05, 3.63) is 53.6 Å². The van der Waals surface area contributed by atoms with E-state index in [0.717, 1.165) is 54.1 Å². The van der Waals surface area contributed by atoms with Gasteiger partial charge in [0.1, 0.15) is 11.5 Å². The summed E-state index contributed by atoms with van der Waals surface area (Å²) in [5.41, 5.74) is 1.71. The Morgan fingerprint density at radius 3 is 2.35 bits per heavy atom. The Balaban J connectivity index is 1.31. The number of aromatic nitrogens is 3. The van der Waals surface area contributed by atoms with E-state index in [1.54, 1.807) is 7.11 Å². The number of ketones is 1. The van der Waals surface area contributed by atoms with Gasteiger partial charge < -0.3 is 4.74 Å². The third kappa shape index (κ3) is 3.85. The van der Waals surface area contributed by atoms with Crippen LogP contribution in [0.2, 0.25) is 5.02 Å². The predicted octanol–water partition coefficient (Wildman–Crippen LogP) is 6.47. The van der Waals surface area contributed by atoms with Crippen LogP contribution in [-0.2, 0) is 4.79 Å². The van der Waals surface area contributed by atoms with Crippen molar-refractivity contribution >= 4 is 29.1 Å². The Bertz CT molecular complexity index is 1190. The molecule has 1 heterocycles. The van der Waals surface area contributed by atoms with E-state index >= 15 is 0 Å². The first-order valence-electron chi connectivity index (χ1n) is 12.1. The molecule has 4 bridgehead atoms. The van der Waals surface area contributed by atoms with Crippen molar-refractivity contribution in [2.45, 2.75) is 43.7 Å². The highest BCUT2D eigenvalue weighted by Crippen LogP contribution is 2.60. The molecule has 7 heteroatoms. The Labute approximate surface area is 209 Å². The molecule has 4 saturated carbocycles. The van der Waals surface area contributed by atoms with Crippen molar-refractivity contribution < 1.29 is 9.53 Å². The van der Waals surface area contributed by atoms with Gasteiger partial charge in [-0.1, -0.05) is 53.7 Å². The molecule has 0 amide bonds. The number of nitrogens with zero attached hydrogens (tertiary/aromatic N) is 3. The molecule has 3 aromatic rings. The van der Waals surface area contributed by atoms with Gasteiger partial charge in [-0.05, 0) is 74.5 Å². The Morgan fingerprint density at radius 1 is 1.06 bits per heavy atom. The van der Waals surface area contributed by atoms with Gasteiger partial charge in [0.05, 0.1) is 23.6 Å². The molecule has 0 aliphatic heterocycles. The second kappa shape index (κ2) is 8.72. The van der Waals surface area contributed by atoms with Gasteiger partial charge in [-0.15, -0.1) is 10.2 Å². The van der Waals surface area contributed by atoms with E-state index in [2.05, 4.69) is 10.2 Å². The molecule has 34 heavy (non-hydrogen) atoms. The van der Waals surface area contributed by atoms with E-state index < -0.39 is 0 Å². The van der Waals surface area contributed by atoms with Gasteiger partial charge in [-0.2, -0.15) is 0 Å². The van der Waals surface area contributed by atoms with Crippen LogP contribution in [0.5, 0.6) is 5.75 Å². The number of methoxy groups -OCH3 is 1. The summed E-state index contributed by atoms with van der Waals surface area (Å²) in [5, 5.41) is 10.2. The highest BCUT2D eigenvalue weighted by atomic mass is 35.5. The molecular formula is C27H28ClN3O2S. The number of halogens is 1. The van der Waals surface area contributed by atoms with Gasteiger partial charge in [0, 0.05) is 11.0 Å². The number of thioether (sulfide) groups is 1. The van der Waals surface area contributed by atoms with Crippen LogP contribution in [0.3, 0.4) is 0 Å². The van der Waals surface area contributed by atoms with Gasteiger partial charge in [0.2, 0.25) is 0 Å². The van der Waals surface area contributed by atoms with E-state index in [1.165, 1.54) is 31.0 Å². The topological polar surface area (TPSA) is 57.0 Å². The number of rotatable bonds is 7. The molecule has 1 aromatic heterocycles. The van der Waals surface area contributed by atoms with Crippen molar-refractivity contribution in [2.24, 2.45) is 23.2 Å². The number of ether oxygens (including phenoxy) is 1. The molecule has 176 valence electrons. The lowest BCUT2D eigenvalue weighted by molar-refractivity contribution is -0.141. The minimum absolute atomic E-state index is 0.0989. The first kappa shape index (κ1) is 22.2. The number of carbonyl (C=O) groups is 1. The second-order valence-electron chi connectivity index (χ2n) is 10.2. The summed E-state index contributed by atoms with van der Waals surface area (Å²) >= 11 is 7.96. The molecule has 4 aliphatic rings. The number of Topliss-reactive ketones (excluding diaryl/α,β-unsaturated/α-hetero) is 1. The van der Waals surface area contributed by atoms with E-state index in [1.807, 2.05) is 53.1 Å². The zero-order chi connectivity index (χ0) is 23.3. The van der Waals surface area contributed by atoms with Crippen LogP contribution < -0.4 is 4.74 Å². The minimum Gasteiger partial charge on any atom is -0.495 e. The summed E-state index contributed by atoms with van der Waals surface area (Å²) in [6, 6.07) is 15.6. The van der Waals surface area contributed by atoms with E-state index in [4.69, 9.17) is 16.3 Å². The summed E-state index contributed by atoms with van der Waals surface area (Å²) in [6.07, 6.45) is 7.29. The average molecular weight is 494 g/mol. The zero-order valence-electron chi connectivity index (χ0n) is 19.2. The molecule has 0 unspecified atom stereocenters. The summed E-state index contributed by atoms with van der Waals surface area (Å²) in [7, 11) is 1.60. The molecule has 7 rings (SSSR count). The average Bonchev–Trinajstić information content (AvgIpc) is 3.26. The lowest BCUT2D eigenvalue weighted by Gasteiger charge is -2.56. The van der Waals surface area contributed by atoms with Gasteiger partial charge in [-0.25, -0.2) is 0 Å². The quantitative estimate of drug-likeness (QED) is 0.353. The van der Waals surface area contributed by atoms with Crippen molar-refractivity contribution in [1.82, 2.24) is 14.8 Å². The number of hydrogen-bond acceptors (Lipinski definition) is 5. The third-order valence-corrected chi connectivity index (χ3v) is 9.25. The Hall–Kier alpha value is -2.31. The number of hydrogen-bond donors (Lipinski definition) is 0. The van der Waals surface area contributed by atoms with Gasteiger partial charge in [0.15, 0.2) is 11.0 Å². The lowest BCUT2D eigenvalue weighted by atomic mass is 9.48. The first-order chi connectivity index (χ1) is 16.5. The standard InChI is InChI=1S/C27H28ClN3O2S/c1-33-23-8-7-21(12-22(23)28)31-25(20-5-3-2-4-6-20)29-30-26(31)34-16-24(32)27-13-17-9-18(14-27)11-19(10-17)15-27/h2-8,12,17-19H,9-11,13-16H2,1H3. The van der Waals surface area contributed by atoms with Crippen LogP contribution in [0.4, 0.5) is 0 Å². The Morgan fingerprint density at radius 2 is 1.74 bits per heavy atom. The molecule has 4 fully saturated rings. The monoisotopic (exact) mass is 493 g/mol. The summed E-state index contributed by atoms with van der Waals surface area (Å²) in [6.45, 7) is 0. The fraction of sp³-hybridized carbons (Fsp3) is 0.444. The number of benzene rings is 2. The van der Waals surface area contributed by atoms with Crippen molar-refractivity contribution in [3.63, 3.8) is 0 Å². The van der Waals surface area contributed by atoms with Crippen molar-refractivity contribution in [1.29, 1.82) is 0 Å². The van der Waals surface area contributed by atoms with Crippen LogP contribution in [0, 0.1) is 23.2 Å². The SMILES string of the molecule is COc1ccc(-n2c(SCC(=O)C34CC5CC(CC(C5)C3)C4)nnc2-c2ccccc2)cc1Cl. The maximum atomic E-state index is 13.6. The molecule has 0 radical (unpaired) electrons. The molecule has 4 aliphatic carbocycles. The van der Waals surface area contributed by atoms with Gasteiger partial charge in [0.25, 0.3) is 0 Å². The van der Waals surface area contributed by atoms with Crippen LogP contribution in [0.15, 0.2) is 53.7 Å². The maximum Gasteiger partial charge on any atom is 0.196 e. The summed E-state index contributed by atoms with van der Waals surface area (Å²) < 4.78 is 7.33. The molecular weight excluding hydrogens is 466 g/mol. The number of carbonyl (C=O) groups excluding carboxylic acids is 1. The van der Waals surface area contributed by atoms with Gasteiger partial charge in [-0.3, -0.25) is 9.36 Å². The first-order valence-corrected chi connectivity index (χ1v) is 13.4. The zero-order valence-corrected chi connectivity index (χ0v) is 20.8. The Kier molecular flexibility index (Phi) is 5.69. The molecule has 0 N–H and O–H groups in total. The molecule has 5 nitrogen and oxygen atoms in total. The highest BCUT2D eigenvalue weighted by Gasteiger charge is 2.54. The third-order valence-electron chi connectivity index (χ3n) is 8.02. The van der Waals surface area contributed by atoms with Crippen LogP contribution in [0.1, 0.15) is 38.5 Å². The van der Waals surface area contributed by atoms with E-state index in [0.29, 0.717) is 27.5 Å². The van der Waals surface area contributed by atoms with E-state index in [-0.39, 0.29) is 5.41 Å². The highest BCUT2D eigenvalue weighted by molar-refractivity contribution is 7.99. The minimum atomic E-state index is -0.0989. The maximum absolute atomic E-state index is 13.6. The normalized spacial score (nSPS) is 27.2. The summed E-state index contributed by atoms with van der Waals surface area (Å²) in [5.74, 6) is 4.46. The van der Waals surface area contributed by atoms with Crippen molar-refractivity contribution in [3.8, 4) is 22.8 Å².